The number of hydrogen-bond donors (Lipinski definition) is 5. The fourth-order valence-corrected chi connectivity index (χ4v) is 2.33. The molecule has 0 aliphatic carbocycles. The molecule has 1 amide bonds. The lowest BCUT2D eigenvalue weighted by Gasteiger charge is -2.20. The van der Waals surface area contributed by atoms with E-state index in [2.05, 4.69) is 0 Å². The quantitative estimate of drug-likeness (QED) is 0.478. The van der Waals surface area contributed by atoms with Crippen molar-refractivity contribution in [3.8, 4) is 5.75 Å². The molecule has 7 nitrogen and oxygen atoms in total. The summed E-state index contributed by atoms with van der Waals surface area (Å²) in [5.41, 5.74) is 17.3. The van der Waals surface area contributed by atoms with Gasteiger partial charge >= 0.3 is 5.97 Å². The highest BCUT2D eigenvalue weighted by Gasteiger charge is 2.28. The molecule has 0 fully saturated rings. The number of aliphatic carboxylic acids is 1. The van der Waals surface area contributed by atoms with Crippen LogP contribution in [-0.4, -0.2) is 33.2 Å². The zero-order valence-corrected chi connectivity index (χ0v) is 17.7. The number of primary amides is 1. The van der Waals surface area contributed by atoms with E-state index in [0.29, 0.717) is 6.42 Å². The second kappa shape index (κ2) is 10.8. The van der Waals surface area contributed by atoms with Crippen LogP contribution in [0, 0.1) is 6.92 Å². The highest BCUT2D eigenvalue weighted by atomic mass is 35.5. The van der Waals surface area contributed by atoms with E-state index in [0.717, 1.165) is 11.1 Å². The Balaban J connectivity index is 0.000000523. The molecule has 0 saturated carbocycles. The van der Waals surface area contributed by atoms with Crippen molar-refractivity contribution in [2.75, 3.05) is 0 Å². The Kier molecular flexibility index (Phi) is 9.83. The van der Waals surface area contributed by atoms with E-state index in [1.165, 1.54) is 24.6 Å². The van der Waals surface area contributed by atoms with Crippen molar-refractivity contribution in [1.29, 1.82) is 0 Å². The molecule has 0 aliphatic heterocycles. The molecule has 0 spiro atoms. The van der Waals surface area contributed by atoms with Gasteiger partial charge in [0, 0.05) is 6.42 Å². The van der Waals surface area contributed by atoms with Gasteiger partial charge in [-0.25, -0.2) is 0 Å². The first-order valence-electron chi connectivity index (χ1n) is 8.78. The predicted octanol–water partition coefficient (Wildman–Crippen LogP) is 1.90. The Labute approximate surface area is 177 Å². The van der Waals surface area contributed by atoms with Gasteiger partial charge in [0.25, 0.3) is 0 Å². The van der Waals surface area contributed by atoms with Gasteiger partial charge in [-0.05, 0) is 50.5 Å². The molecule has 2 aromatic carbocycles. The fraction of sp³-hybridized carbons (Fsp3) is 0.333. The summed E-state index contributed by atoms with van der Waals surface area (Å²) in [6.07, 6.45) is 0.714. The van der Waals surface area contributed by atoms with E-state index in [1.54, 1.807) is 19.1 Å². The van der Waals surface area contributed by atoms with E-state index < -0.39 is 23.0 Å². The molecule has 0 saturated heterocycles. The van der Waals surface area contributed by atoms with Gasteiger partial charge in [0.1, 0.15) is 11.3 Å². The van der Waals surface area contributed by atoms with Crippen LogP contribution in [0.2, 0.25) is 0 Å². The van der Waals surface area contributed by atoms with Crippen molar-refractivity contribution in [3.05, 3.63) is 65.2 Å². The Morgan fingerprint density at radius 2 is 1.24 bits per heavy atom. The molecule has 0 heterocycles. The third-order valence-electron chi connectivity index (χ3n) is 4.25. The number of carboxylic acids is 1. The van der Waals surface area contributed by atoms with Gasteiger partial charge in [-0.2, -0.15) is 0 Å². The predicted molar refractivity (Wildman–Crippen MR) is 116 cm³/mol. The minimum Gasteiger partial charge on any atom is -0.508 e. The summed E-state index contributed by atoms with van der Waals surface area (Å²) in [5.74, 6) is -1.36. The lowest BCUT2D eigenvalue weighted by Crippen LogP contribution is -2.51. The van der Waals surface area contributed by atoms with Gasteiger partial charge in [0.2, 0.25) is 5.91 Å². The molecular weight excluding hydrogens is 394 g/mol. The lowest BCUT2D eigenvalue weighted by atomic mass is 9.93. The number of benzene rings is 2. The van der Waals surface area contributed by atoms with E-state index >= 15 is 0 Å². The number of carbonyl (C=O) groups excluding carboxylic acids is 1. The largest absolute Gasteiger partial charge is 0.508 e. The first kappa shape index (κ1) is 26.4. The Hall–Kier alpha value is -2.61. The average Bonchev–Trinajstić information content (AvgIpc) is 2.59. The Morgan fingerprint density at radius 3 is 1.62 bits per heavy atom. The maximum atomic E-state index is 11.0. The second-order valence-electron chi connectivity index (χ2n) is 7.51. The number of amides is 1. The first-order chi connectivity index (χ1) is 12.8. The normalized spacial score (nSPS) is 14.2. The van der Waals surface area contributed by atoms with E-state index in [-0.39, 0.29) is 24.6 Å². The number of phenolic OH excluding ortho intramolecular Hbond substituents is 1. The van der Waals surface area contributed by atoms with Crippen LogP contribution in [0.5, 0.6) is 5.75 Å². The number of rotatable bonds is 6. The molecule has 0 bridgehead atoms. The van der Waals surface area contributed by atoms with Gasteiger partial charge in [-0.1, -0.05) is 42.0 Å². The number of halogens is 1. The highest BCUT2D eigenvalue weighted by Crippen LogP contribution is 2.15. The summed E-state index contributed by atoms with van der Waals surface area (Å²) in [6, 6.07) is 14.2. The monoisotopic (exact) mass is 423 g/mol. The molecule has 8 heteroatoms. The molecule has 0 unspecified atom stereocenters. The molecule has 8 N–H and O–H groups in total. The minimum absolute atomic E-state index is 0. The maximum absolute atomic E-state index is 11.0. The van der Waals surface area contributed by atoms with Crippen molar-refractivity contribution >= 4 is 24.3 Å². The van der Waals surface area contributed by atoms with Gasteiger partial charge in [0.15, 0.2) is 0 Å². The first-order valence-corrected chi connectivity index (χ1v) is 8.78. The Bertz CT molecular complexity index is 734. The van der Waals surface area contributed by atoms with Crippen LogP contribution in [0.1, 0.15) is 30.5 Å². The number of carbonyl (C=O) groups is 2. The van der Waals surface area contributed by atoms with Crippen LogP contribution in [0.15, 0.2) is 48.5 Å². The molecule has 160 valence electrons. The van der Waals surface area contributed by atoms with Crippen molar-refractivity contribution in [2.45, 2.75) is 44.7 Å². The van der Waals surface area contributed by atoms with Crippen molar-refractivity contribution in [2.24, 2.45) is 17.2 Å². The molecule has 0 aromatic heterocycles. The zero-order chi connectivity index (χ0) is 21.5. The van der Waals surface area contributed by atoms with Gasteiger partial charge in [-0.15, -0.1) is 12.4 Å². The summed E-state index contributed by atoms with van der Waals surface area (Å²) in [5, 5.41) is 17.8. The van der Waals surface area contributed by atoms with Crippen LogP contribution < -0.4 is 17.2 Å². The second-order valence-corrected chi connectivity index (χ2v) is 7.51. The van der Waals surface area contributed by atoms with Crippen LogP contribution >= 0.6 is 12.4 Å². The van der Waals surface area contributed by atoms with Gasteiger partial charge in [0.05, 0.1) is 5.54 Å². The van der Waals surface area contributed by atoms with Crippen LogP contribution in [0.4, 0.5) is 0 Å². The summed E-state index contributed by atoms with van der Waals surface area (Å²) in [6.45, 7) is 5.12. The number of aryl methyl sites for hydroxylation is 1. The Morgan fingerprint density at radius 1 is 0.862 bits per heavy atom. The van der Waals surface area contributed by atoms with Crippen molar-refractivity contribution in [3.63, 3.8) is 0 Å². The zero-order valence-electron chi connectivity index (χ0n) is 16.9. The van der Waals surface area contributed by atoms with Crippen LogP contribution in [-0.2, 0) is 22.4 Å². The van der Waals surface area contributed by atoms with E-state index in [9.17, 15) is 9.59 Å². The smallest absolute Gasteiger partial charge is 0.323 e. The number of hydrogen-bond acceptors (Lipinski definition) is 5. The summed E-state index contributed by atoms with van der Waals surface area (Å²) in [4.78, 5) is 21.7. The standard InChI is InChI=1S/C11H16N2O.C10H13NO3.ClH/c1-8-3-5-9(6-4-8)7-11(2,13)10(12)14;1-10(11,9(13)14)6-7-2-4-8(12)5-3-7;/h3-6H,7,13H2,1-2H3,(H2,12,14);2-5,12H,6,11H2,1H3,(H,13,14);1H/t11-;10-;/m00./s1. The molecule has 0 aliphatic rings. The van der Waals surface area contributed by atoms with Crippen LogP contribution in [0.25, 0.3) is 0 Å². The third-order valence-corrected chi connectivity index (χ3v) is 4.25. The number of carboxylic acid groups (broad SMARTS) is 1. The number of phenols is 1. The van der Waals surface area contributed by atoms with E-state index in [1.807, 2.05) is 31.2 Å². The van der Waals surface area contributed by atoms with Crippen LogP contribution in [0.3, 0.4) is 0 Å². The fourth-order valence-electron chi connectivity index (χ4n) is 2.33. The molecule has 2 aromatic rings. The van der Waals surface area contributed by atoms with Gasteiger partial charge in [-0.3, -0.25) is 9.59 Å². The maximum Gasteiger partial charge on any atom is 0.323 e. The van der Waals surface area contributed by atoms with E-state index in [4.69, 9.17) is 27.4 Å². The summed E-state index contributed by atoms with van der Waals surface area (Å²) in [7, 11) is 0. The number of aromatic hydroxyl groups is 1. The highest BCUT2D eigenvalue weighted by molar-refractivity contribution is 5.85. The van der Waals surface area contributed by atoms with Crippen molar-refractivity contribution < 1.29 is 19.8 Å². The molecule has 29 heavy (non-hydrogen) atoms. The third kappa shape index (κ3) is 8.95. The average molecular weight is 424 g/mol. The summed E-state index contributed by atoms with van der Waals surface area (Å²) < 4.78 is 0. The summed E-state index contributed by atoms with van der Waals surface area (Å²) >= 11 is 0. The molecular formula is C21H30ClN3O4. The molecule has 2 atom stereocenters. The number of nitrogens with two attached hydrogens (primary N) is 3. The van der Waals surface area contributed by atoms with Crippen molar-refractivity contribution in [1.82, 2.24) is 0 Å². The topological polar surface area (TPSA) is 153 Å². The minimum atomic E-state index is -1.27. The molecule has 0 radical (unpaired) electrons. The lowest BCUT2D eigenvalue weighted by molar-refractivity contribution is -0.142. The van der Waals surface area contributed by atoms with Gasteiger partial charge < -0.3 is 27.4 Å². The SMILES string of the molecule is C[C@](N)(Cc1ccc(O)cc1)C(=O)O.Cc1ccc(C[C@](C)(N)C(N)=O)cc1.Cl. The molecule has 2 rings (SSSR count).